The van der Waals surface area contributed by atoms with Gasteiger partial charge in [0.25, 0.3) is 5.91 Å². The Hall–Kier alpha value is -2.25. The van der Waals surface area contributed by atoms with Crippen molar-refractivity contribution in [2.75, 3.05) is 19.6 Å². The van der Waals surface area contributed by atoms with Gasteiger partial charge in [0.15, 0.2) is 0 Å². The quantitative estimate of drug-likeness (QED) is 0.562. The lowest BCUT2D eigenvalue weighted by atomic mass is 9.89. The van der Waals surface area contributed by atoms with E-state index in [-0.39, 0.29) is 5.91 Å². The fraction of sp³-hybridized carbons (Fsp3) is 0.538. The Balaban J connectivity index is 1.38. The molecule has 7 heteroatoms. The highest BCUT2D eigenvalue weighted by Crippen LogP contribution is 2.39. The number of nitrogens with zero attached hydrogens (tertiary/aromatic N) is 5. The summed E-state index contributed by atoms with van der Waals surface area (Å²) in [5, 5.41) is 2.25. The number of benzene rings is 1. The number of amides is 1. The zero-order valence-electron chi connectivity index (χ0n) is 19.7. The number of rotatable bonds is 4. The number of aromatic nitrogens is 3. The van der Waals surface area contributed by atoms with Crippen molar-refractivity contribution in [2.45, 2.75) is 63.1 Å². The highest BCUT2D eigenvalue weighted by atomic mass is 32.2. The van der Waals surface area contributed by atoms with Gasteiger partial charge in [0.05, 0.1) is 11.8 Å². The van der Waals surface area contributed by atoms with Crippen LogP contribution in [-0.4, -0.2) is 54.9 Å². The van der Waals surface area contributed by atoms with Gasteiger partial charge in [-0.2, -0.15) is 0 Å². The largest absolute Gasteiger partial charge is 0.339 e. The van der Waals surface area contributed by atoms with Crippen molar-refractivity contribution >= 4 is 28.8 Å². The fourth-order valence-electron chi connectivity index (χ4n) is 5.56. The van der Waals surface area contributed by atoms with Crippen molar-refractivity contribution < 1.29 is 4.79 Å². The van der Waals surface area contributed by atoms with E-state index >= 15 is 0 Å². The van der Waals surface area contributed by atoms with Crippen LogP contribution in [0.4, 0.5) is 0 Å². The lowest BCUT2D eigenvalue weighted by Gasteiger charge is -2.40. The Kier molecular flexibility index (Phi) is 5.49. The van der Waals surface area contributed by atoms with Gasteiger partial charge in [-0.05, 0) is 55.4 Å². The van der Waals surface area contributed by atoms with Gasteiger partial charge in [-0.15, -0.1) is 0 Å². The van der Waals surface area contributed by atoms with E-state index in [0.29, 0.717) is 0 Å². The third-order valence-corrected chi connectivity index (χ3v) is 8.90. The summed E-state index contributed by atoms with van der Waals surface area (Å²) in [7, 11) is 2.01. The summed E-state index contributed by atoms with van der Waals surface area (Å²) in [6.07, 6.45) is 11.2. The monoisotopic (exact) mass is 463 g/mol. The number of aryl methyl sites for hydroxylation is 1. The number of fused-ring (bicyclic) bond motifs is 3. The van der Waals surface area contributed by atoms with Crippen molar-refractivity contribution in [1.82, 2.24) is 23.3 Å². The molecule has 33 heavy (non-hydrogen) atoms. The molecule has 2 aliphatic heterocycles. The molecule has 1 saturated carbocycles. The predicted molar refractivity (Wildman–Crippen MR) is 132 cm³/mol. The minimum Gasteiger partial charge on any atom is -0.339 e. The molecular formula is C26H33N5OS. The molecule has 174 valence electrons. The Morgan fingerprint density at radius 2 is 1.94 bits per heavy atom. The van der Waals surface area contributed by atoms with Crippen molar-refractivity contribution in [2.24, 2.45) is 13.0 Å². The van der Waals surface area contributed by atoms with Gasteiger partial charge in [-0.25, -0.2) is 4.98 Å². The zero-order valence-corrected chi connectivity index (χ0v) is 20.5. The molecular weight excluding hydrogens is 430 g/mol. The zero-order chi connectivity index (χ0) is 22.5. The number of carbonyl (C=O) groups excluding carboxylic acids is 1. The molecule has 4 heterocycles. The molecule has 0 bridgehead atoms. The normalized spacial score (nSPS) is 20.2. The molecule has 0 atom stereocenters. The van der Waals surface area contributed by atoms with Gasteiger partial charge in [0.1, 0.15) is 5.03 Å². The maximum absolute atomic E-state index is 13.3. The average Bonchev–Trinajstić information content (AvgIpc) is 3.33. The Morgan fingerprint density at radius 1 is 1.12 bits per heavy atom. The Bertz CT molecular complexity index is 1180. The topological polar surface area (TPSA) is 46.3 Å². The first kappa shape index (κ1) is 21.3. The molecule has 3 aliphatic rings. The second-order valence-corrected chi connectivity index (χ2v) is 11.2. The lowest BCUT2D eigenvalue weighted by molar-refractivity contribution is 0.0697. The molecule has 0 unspecified atom stereocenters. The number of hydrogen-bond donors (Lipinski definition) is 0. The van der Waals surface area contributed by atoms with Crippen molar-refractivity contribution in [3.05, 3.63) is 47.5 Å². The number of piperidine rings is 1. The number of likely N-dealkylation sites (tertiary alicyclic amines) is 1. The molecule has 2 fully saturated rings. The van der Waals surface area contributed by atoms with Crippen LogP contribution in [0.1, 0.15) is 60.6 Å². The minimum atomic E-state index is 0.189. The van der Waals surface area contributed by atoms with Crippen LogP contribution in [-0.2, 0) is 20.0 Å². The van der Waals surface area contributed by atoms with Crippen LogP contribution < -0.4 is 0 Å². The van der Waals surface area contributed by atoms with Gasteiger partial charge in [0, 0.05) is 80.5 Å². The van der Waals surface area contributed by atoms with Crippen molar-refractivity contribution in [3.63, 3.8) is 0 Å². The van der Waals surface area contributed by atoms with E-state index in [4.69, 9.17) is 0 Å². The molecule has 1 saturated heterocycles. The SMILES string of the molecule is CC1CCN(C(=O)c2ccc3c(c2)c2c(n3Sc3cn(C)cn3)CCN(C3CCC3)C2)CC1. The molecule has 6 rings (SSSR count). The molecule has 0 spiro atoms. The summed E-state index contributed by atoms with van der Waals surface area (Å²) in [6.45, 7) is 6.15. The van der Waals surface area contributed by atoms with E-state index < -0.39 is 0 Å². The number of imidazole rings is 1. The highest BCUT2D eigenvalue weighted by molar-refractivity contribution is 7.98. The first-order valence-electron chi connectivity index (χ1n) is 12.4. The molecule has 1 aromatic carbocycles. The van der Waals surface area contributed by atoms with E-state index in [0.717, 1.165) is 68.0 Å². The van der Waals surface area contributed by atoms with E-state index in [2.05, 4.69) is 39.1 Å². The summed E-state index contributed by atoms with van der Waals surface area (Å²) in [6, 6.07) is 7.11. The summed E-state index contributed by atoms with van der Waals surface area (Å²) in [4.78, 5) is 22.6. The average molecular weight is 464 g/mol. The van der Waals surface area contributed by atoms with Gasteiger partial charge in [-0.3, -0.25) is 13.7 Å². The van der Waals surface area contributed by atoms with Crippen LogP contribution in [0.5, 0.6) is 0 Å². The van der Waals surface area contributed by atoms with Crippen LogP contribution in [0.15, 0.2) is 35.7 Å². The summed E-state index contributed by atoms with van der Waals surface area (Å²) < 4.78 is 4.37. The summed E-state index contributed by atoms with van der Waals surface area (Å²) in [5.41, 5.74) is 4.84. The number of hydrogen-bond acceptors (Lipinski definition) is 4. The standard InChI is InChI=1S/C26H33N5OS/c1-18-8-11-29(12-9-18)26(32)19-6-7-23-21(14-19)22-15-30(20-4-3-5-20)13-10-24(22)31(23)33-25-16-28(2)17-27-25/h6-7,14,16-18,20H,3-5,8-13,15H2,1-2H3. The maximum atomic E-state index is 13.3. The second kappa shape index (κ2) is 8.51. The Labute approximate surface area is 200 Å². The van der Waals surface area contributed by atoms with Gasteiger partial charge >= 0.3 is 0 Å². The van der Waals surface area contributed by atoms with E-state index in [1.807, 2.05) is 28.9 Å². The molecule has 0 radical (unpaired) electrons. The first-order chi connectivity index (χ1) is 16.1. The van der Waals surface area contributed by atoms with Crippen LogP contribution in [0.2, 0.25) is 0 Å². The van der Waals surface area contributed by atoms with Crippen LogP contribution in [0.25, 0.3) is 10.9 Å². The smallest absolute Gasteiger partial charge is 0.253 e. The van der Waals surface area contributed by atoms with Crippen molar-refractivity contribution in [3.8, 4) is 0 Å². The lowest BCUT2D eigenvalue weighted by Crippen LogP contribution is -2.43. The van der Waals surface area contributed by atoms with Gasteiger partial charge in [-0.1, -0.05) is 13.3 Å². The Morgan fingerprint density at radius 3 is 2.64 bits per heavy atom. The third kappa shape index (κ3) is 3.89. The van der Waals surface area contributed by atoms with Crippen LogP contribution >= 0.6 is 11.9 Å². The predicted octanol–water partition coefficient (Wildman–Crippen LogP) is 4.71. The van der Waals surface area contributed by atoms with E-state index in [1.165, 1.54) is 41.4 Å². The van der Waals surface area contributed by atoms with E-state index in [1.54, 1.807) is 11.9 Å². The molecule has 0 N–H and O–H groups in total. The molecule has 2 aromatic heterocycles. The van der Waals surface area contributed by atoms with Gasteiger partial charge in [0.2, 0.25) is 0 Å². The molecule has 3 aromatic rings. The first-order valence-corrected chi connectivity index (χ1v) is 13.2. The minimum absolute atomic E-state index is 0.189. The maximum Gasteiger partial charge on any atom is 0.253 e. The van der Waals surface area contributed by atoms with Crippen LogP contribution in [0, 0.1) is 5.92 Å². The fourth-order valence-corrected chi connectivity index (χ4v) is 6.63. The third-order valence-electron chi connectivity index (χ3n) is 7.91. The second-order valence-electron chi connectivity index (χ2n) is 10.2. The van der Waals surface area contributed by atoms with Gasteiger partial charge < -0.3 is 9.47 Å². The number of carbonyl (C=O) groups is 1. The van der Waals surface area contributed by atoms with Crippen LogP contribution in [0.3, 0.4) is 0 Å². The molecule has 1 aliphatic carbocycles. The summed E-state index contributed by atoms with van der Waals surface area (Å²) >= 11 is 1.70. The van der Waals surface area contributed by atoms with E-state index in [9.17, 15) is 4.79 Å². The summed E-state index contributed by atoms with van der Waals surface area (Å²) in [5.74, 6) is 0.910. The van der Waals surface area contributed by atoms with Crippen molar-refractivity contribution in [1.29, 1.82) is 0 Å². The highest BCUT2D eigenvalue weighted by Gasteiger charge is 2.32. The molecule has 1 amide bonds. The molecule has 6 nitrogen and oxygen atoms in total.